The molecule has 2 aliphatic rings. The summed E-state index contributed by atoms with van der Waals surface area (Å²) in [5.41, 5.74) is 3.58. The van der Waals surface area contributed by atoms with Crippen LogP contribution in [0.15, 0.2) is 48.8 Å². The minimum absolute atomic E-state index is 0.193. The van der Waals surface area contributed by atoms with Gasteiger partial charge >= 0.3 is 0 Å². The van der Waals surface area contributed by atoms with Gasteiger partial charge in [0.1, 0.15) is 11.6 Å². The number of halogens is 4. The van der Waals surface area contributed by atoms with E-state index in [1.54, 1.807) is 23.7 Å². The van der Waals surface area contributed by atoms with Gasteiger partial charge in [0.2, 0.25) is 23.7 Å². The van der Waals surface area contributed by atoms with Crippen LogP contribution >= 0.6 is 11.3 Å². The molecule has 0 unspecified atom stereocenters. The van der Waals surface area contributed by atoms with Gasteiger partial charge in [0.05, 0.1) is 41.7 Å². The lowest BCUT2D eigenvalue weighted by Crippen LogP contribution is -2.35. The van der Waals surface area contributed by atoms with E-state index in [1.165, 1.54) is 0 Å². The molecular formula is C42H56F4N6O2S. The van der Waals surface area contributed by atoms with E-state index >= 15 is 0 Å². The number of imidazole rings is 2. The van der Waals surface area contributed by atoms with Gasteiger partial charge in [-0.15, -0.1) is 24.2 Å². The molecule has 2 aliphatic carbocycles. The van der Waals surface area contributed by atoms with Crippen molar-refractivity contribution in [1.29, 1.82) is 0 Å². The number of carbonyl (C=O) groups excluding carboxylic acids is 2. The molecule has 13 heteroatoms. The fraction of sp³-hybridized carbons (Fsp3) is 0.524. The monoisotopic (exact) mass is 784 g/mol. The number of alkyl halides is 4. The van der Waals surface area contributed by atoms with E-state index in [1.807, 2.05) is 36.4 Å². The van der Waals surface area contributed by atoms with Gasteiger partial charge in [-0.2, -0.15) is 0 Å². The summed E-state index contributed by atoms with van der Waals surface area (Å²) >= 11 is 1.59. The van der Waals surface area contributed by atoms with E-state index in [9.17, 15) is 27.2 Å². The van der Waals surface area contributed by atoms with Crippen LogP contribution in [0.2, 0.25) is 0 Å². The van der Waals surface area contributed by atoms with Gasteiger partial charge in [0, 0.05) is 42.4 Å². The number of hydrogen-bond acceptors (Lipinski definition) is 5. The standard InChI is InChI=1S/C32H34F4N6O2S.2C4H10.C2H2/c33-31(34)11-7-21(8-12-31)29(43)39-17-27-37-15-23(41-27)19-1-3-20(4-2-19)25-5-6-26(45-25)24-16-38-28(42-24)18-40-30(44)22-9-13-32(35,36)14-10-22;2*1-4(2)3;1-2/h1-6,15-16,21-22H,7-14,17-18H2,(H,37,41)(H,38,42)(H,39,43)(H,40,44);2*4H,1-3H3;1-2H. The second-order valence-electron chi connectivity index (χ2n) is 15.4. The predicted octanol–water partition coefficient (Wildman–Crippen LogP) is 10.7. The molecule has 2 amide bonds. The van der Waals surface area contributed by atoms with Crippen LogP contribution in [0.1, 0.15) is 105 Å². The number of nitrogens with one attached hydrogen (secondary N) is 4. The zero-order valence-electron chi connectivity index (χ0n) is 32.8. The second kappa shape index (κ2) is 21.0. The molecule has 6 rings (SSSR count). The van der Waals surface area contributed by atoms with Crippen molar-refractivity contribution in [1.82, 2.24) is 30.6 Å². The quantitative estimate of drug-likeness (QED) is 0.0999. The molecule has 4 aromatic rings. The first-order valence-electron chi connectivity index (χ1n) is 18.9. The second-order valence-corrected chi connectivity index (χ2v) is 16.5. The number of amides is 2. The number of rotatable bonds is 9. The highest BCUT2D eigenvalue weighted by Crippen LogP contribution is 2.38. The van der Waals surface area contributed by atoms with Gasteiger partial charge in [-0.3, -0.25) is 9.59 Å². The van der Waals surface area contributed by atoms with Crippen molar-refractivity contribution >= 4 is 23.2 Å². The summed E-state index contributed by atoms with van der Waals surface area (Å²) in [5.74, 6) is -3.68. The topological polar surface area (TPSA) is 116 Å². The molecule has 4 N–H and O–H groups in total. The van der Waals surface area contributed by atoms with Crippen LogP contribution < -0.4 is 10.6 Å². The summed E-state index contributed by atoms with van der Waals surface area (Å²) in [7, 11) is 0. The summed E-state index contributed by atoms with van der Waals surface area (Å²) in [5, 5.41) is 5.63. The van der Waals surface area contributed by atoms with Crippen LogP contribution in [-0.2, 0) is 22.7 Å². The number of carbonyl (C=O) groups is 2. The molecule has 0 aliphatic heterocycles. The first kappa shape index (κ1) is 45.0. The lowest BCUT2D eigenvalue weighted by Gasteiger charge is -2.27. The Morgan fingerprint density at radius 3 is 1.47 bits per heavy atom. The van der Waals surface area contributed by atoms with Crippen molar-refractivity contribution < 1.29 is 27.2 Å². The van der Waals surface area contributed by atoms with Crippen LogP contribution in [0.4, 0.5) is 17.6 Å². The fourth-order valence-corrected chi connectivity index (χ4v) is 6.84. The van der Waals surface area contributed by atoms with Gasteiger partial charge in [-0.1, -0.05) is 65.8 Å². The van der Waals surface area contributed by atoms with Crippen LogP contribution in [0, 0.1) is 36.5 Å². The maximum Gasteiger partial charge on any atom is 0.248 e. The SMILES string of the molecule is C#C.CC(C)C.CC(C)C.O=C(NCc1ncc(-c2ccc(-c3ccc(-c4cnc(CNC(=O)C5CCC(F)(F)CC5)[nH]4)s3)cc2)[nH]1)C1CCC(F)(F)CC1. The van der Waals surface area contributed by atoms with Gasteiger partial charge in [0.25, 0.3) is 0 Å². The third-order valence-corrected chi connectivity index (χ3v) is 9.81. The predicted molar refractivity (Wildman–Crippen MR) is 213 cm³/mol. The van der Waals surface area contributed by atoms with Crippen molar-refractivity contribution in [2.45, 2.75) is 118 Å². The van der Waals surface area contributed by atoms with E-state index in [-0.39, 0.29) is 88.1 Å². The van der Waals surface area contributed by atoms with Gasteiger partial charge < -0.3 is 20.6 Å². The highest BCUT2D eigenvalue weighted by Gasteiger charge is 2.38. The Bertz CT molecular complexity index is 1760. The molecule has 0 atom stereocenters. The number of hydrogen-bond donors (Lipinski definition) is 4. The number of aromatic nitrogens is 4. The molecule has 3 aromatic heterocycles. The van der Waals surface area contributed by atoms with E-state index in [0.29, 0.717) is 11.6 Å². The molecule has 2 fully saturated rings. The summed E-state index contributed by atoms with van der Waals surface area (Å²) in [6, 6.07) is 12.0. The molecule has 0 spiro atoms. The summed E-state index contributed by atoms with van der Waals surface area (Å²) in [4.78, 5) is 42.1. The van der Waals surface area contributed by atoms with Crippen molar-refractivity contribution in [3.63, 3.8) is 0 Å². The first-order chi connectivity index (χ1) is 26.0. The molecule has 3 heterocycles. The van der Waals surface area contributed by atoms with Crippen molar-refractivity contribution in [3.8, 4) is 45.1 Å². The minimum atomic E-state index is -2.66. The smallest absolute Gasteiger partial charge is 0.248 e. The minimum Gasteiger partial charge on any atom is -0.349 e. The zero-order valence-corrected chi connectivity index (χ0v) is 33.6. The maximum atomic E-state index is 13.4. The zero-order chi connectivity index (χ0) is 40.8. The third kappa shape index (κ3) is 15.0. The molecule has 300 valence electrons. The Hall–Kier alpha value is -4.44. The molecule has 2 saturated carbocycles. The highest BCUT2D eigenvalue weighted by molar-refractivity contribution is 7.18. The summed E-state index contributed by atoms with van der Waals surface area (Å²) in [6.07, 6.45) is 11.2. The highest BCUT2D eigenvalue weighted by atomic mass is 32.1. The molecule has 0 saturated heterocycles. The normalized spacial score (nSPS) is 16.5. The van der Waals surface area contributed by atoms with E-state index in [0.717, 1.165) is 44.1 Å². The van der Waals surface area contributed by atoms with Crippen LogP contribution in [0.3, 0.4) is 0 Å². The number of benzene rings is 1. The Balaban J connectivity index is 0.000000732. The first-order valence-corrected chi connectivity index (χ1v) is 19.7. The van der Waals surface area contributed by atoms with Gasteiger partial charge in [0.15, 0.2) is 0 Å². The van der Waals surface area contributed by atoms with Gasteiger partial charge in [-0.25, -0.2) is 27.5 Å². The van der Waals surface area contributed by atoms with Gasteiger partial charge in [-0.05, 0) is 60.8 Å². The van der Waals surface area contributed by atoms with Crippen LogP contribution in [-0.4, -0.2) is 43.6 Å². The van der Waals surface area contributed by atoms with Crippen molar-refractivity contribution in [2.24, 2.45) is 23.7 Å². The lowest BCUT2D eigenvalue weighted by atomic mass is 9.86. The fourth-order valence-electron chi connectivity index (χ4n) is 5.86. The van der Waals surface area contributed by atoms with Crippen LogP contribution in [0.25, 0.3) is 32.3 Å². The third-order valence-electron chi connectivity index (χ3n) is 8.64. The van der Waals surface area contributed by atoms with E-state index < -0.39 is 11.8 Å². The molecule has 0 radical (unpaired) electrons. The Morgan fingerprint density at radius 2 is 1.04 bits per heavy atom. The summed E-state index contributed by atoms with van der Waals surface area (Å²) < 4.78 is 53.5. The lowest BCUT2D eigenvalue weighted by molar-refractivity contribution is -0.130. The molecule has 1 aromatic carbocycles. The van der Waals surface area contributed by atoms with E-state index in [2.05, 4.69) is 85.0 Å². The van der Waals surface area contributed by atoms with Crippen molar-refractivity contribution in [2.75, 3.05) is 0 Å². The maximum absolute atomic E-state index is 13.4. The summed E-state index contributed by atoms with van der Waals surface area (Å²) in [6.45, 7) is 13.4. The number of thiophene rings is 1. The Morgan fingerprint density at radius 1 is 0.673 bits per heavy atom. The average molecular weight is 785 g/mol. The Kier molecular flexibility index (Phi) is 17.2. The number of aromatic amines is 2. The molecular weight excluding hydrogens is 729 g/mol. The van der Waals surface area contributed by atoms with Crippen LogP contribution in [0.5, 0.6) is 0 Å². The Labute approximate surface area is 327 Å². The van der Waals surface area contributed by atoms with Crippen molar-refractivity contribution in [3.05, 3.63) is 60.4 Å². The number of H-pyrrole nitrogens is 2. The molecule has 0 bridgehead atoms. The number of nitrogens with zero attached hydrogens (tertiary/aromatic N) is 2. The number of terminal acetylenes is 1. The average Bonchev–Trinajstić information content (AvgIpc) is 3.92. The van der Waals surface area contributed by atoms with E-state index in [4.69, 9.17) is 0 Å². The largest absolute Gasteiger partial charge is 0.349 e. The molecule has 55 heavy (non-hydrogen) atoms. The molecule has 8 nitrogen and oxygen atoms in total.